The summed E-state index contributed by atoms with van der Waals surface area (Å²) in [5, 5.41) is 20.7. The van der Waals surface area contributed by atoms with Crippen LogP contribution in [-0.4, -0.2) is 69.2 Å². The Morgan fingerprint density at radius 1 is 0.811 bits per heavy atom. The normalized spacial score (nSPS) is 19.4. The number of hydrogen-bond acceptors (Lipinski definition) is 9. The van der Waals surface area contributed by atoms with Gasteiger partial charge in [0.2, 0.25) is 0 Å². The zero-order valence-electron chi connectivity index (χ0n) is 32.1. The number of carbonyl (C=O) groups is 3. The zero-order valence-corrected chi connectivity index (χ0v) is 33.0. The first-order valence-electron chi connectivity index (χ1n) is 19.7. The average molecular weight is 767 g/mol. The average Bonchev–Trinajstić information content (AvgIpc) is 3.38. The lowest BCUT2D eigenvalue weighted by Crippen LogP contribution is -2.29. The van der Waals surface area contributed by atoms with Gasteiger partial charge >= 0.3 is 19.8 Å². The molecule has 5 atom stereocenters. The van der Waals surface area contributed by atoms with Gasteiger partial charge in [0, 0.05) is 25.2 Å². The highest BCUT2D eigenvalue weighted by molar-refractivity contribution is 7.46. The van der Waals surface area contributed by atoms with Crippen molar-refractivity contribution in [3.63, 3.8) is 0 Å². The quantitative estimate of drug-likeness (QED) is 0.0231. The highest BCUT2D eigenvalue weighted by Crippen LogP contribution is 2.36. The lowest BCUT2D eigenvalue weighted by molar-refractivity contribution is -0.161. The van der Waals surface area contributed by atoms with Gasteiger partial charge in [-0.1, -0.05) is 113 Å². The Hall–Kier alpha value is -2.66. The van der Waals surface area contributed by atoms with Gasteiger partial charge < -0.3 is 29.5 Å². The molecule has 0 amide bonds. The number of aliphatic hydroxyl groups is 2. The van der Waals surface area contributed by atoms with Crippen molar-refractivity contribution in [3.05, 3.63) is 60.8 Å². The molecule has 0 bridgehead atoms. The molecule has 1 aliphatic carbocycles. The van der Waals surface area contributed by atoms with Crippen LogP contribution in [0.1, 0.15) is 136 Å². The molecular formula is C41H67O11P. The van der Waals surface area contributed by atoms with Crippen molar-refractivity contribution in [2.45, 2.75) is 154 Å². The number of allylic oxidation sites excluding steroid dienone is 9. The summed E-state index contributed by atoms with van der Waals surface area (Å²) in [4.78, 5) is 55.4. The van der Waals surface area contributed by atoms with Gasteiger partial charge in [0.1, 0.15) is 12.4 Å². The highest BCUT2D eigenvalue weighted by Gasteiger charge is 2.39. The second-order valence-electron chi connectivity index (χ2n) is 13.7. The topological polar surface area (TPSA) is 177 Å². The maximum atomic E-state index is 12.5. The fraction of sp³-hybridized carbons (Fsp3) is 0.683. The molecule has 0 heterocycles. The summed E-state index contributed by atoms with van der Waals surface area (Å²) in [7, 11) is -4.83. The van der Waals surface area contributed by atoms with E-state index in [2.05, 4.69) is 67.0 Å². The van der Waals surface area contributed by atoms with Crippen LogP contribution in [0.2, 0.25) is 0 Å². The van der Waals surface area contributed by atoms with Gasteiger partial charge in [0.05, 0.1) is 18.8 Å². The van der Waals surface area contributed by atoms with Crippen LogP contribution in [0.3, 0.4) is 0 Å². The third kappa shape index (κ3) is 26.7. The van der Waals surface area contributed by atoms with Crippen LogP contribution < -0.4 is 0 Å². The summed E-state index contributed by atoms with van der Waals surface area (Å²) in [6.07, 6.45) is 31.4. The predicted molar refractivity (Wildman–Crippen MR) is 208 cm³/mol. The zero-order chi connectivity index (χ0) is 39.2. The number of esters is 2. The van der Waals surface area contributed by atoms with E-state index in [9.17, 15) is 29.2 Å². The SMILES string of the molecule is CC/C=C\C/C=C\C/C=C\C/C=C\CCCCC(=O)OC[C@H](COP(=O)(O)O)OC(=O)CCCCCC[C@H]1[C@@H](O)CC(=O)[C@@H]1/C=C/[C@@H](O)CCCCC. The lowest BCUT2D eigenvalue weighted by Gasteiger charge is -2.19. The molecule has 1 rings (SSSR count). The first-order valence-corrected chi connectivity index (χ1v) is 21.2. The monoisotopic (exact) mass is 766 g/mol. The lowest BCUT2D eigenvalue weighted by atomic mass is 9.88. The molecule has 4 N–H and O–H groups in total. The van der Waals surface area contributed by atoms with Crippen LogP contribution in [0.25, 0.3) is 0 Å². The number of unbranched alkanes of at least 4 members (excludes halogenated alkanes) is 7. The van der Waals surface area contributed by atoms with Crippen LogP contribution in [-0.2, 0) is 32.9 Å². The summed E-state index contributed by atoms with van der Waals surface area (Å²) >= 11 is 0. The van der Waals surface area contributed by atoms with Crippen LogP contribution in [0.5, 0.6) is 0 Å². The number of ether oxygens (including phenoxy) is 2. The second kappa shape index (κ2) is 30.6. The van der Waals surface area contributed by atoms with Gasteiger partial charge in [-0.05, 0) is 70.1 Å². The third-order valence-electron chi connectivity index (χ3n) is 8.93. The third-order valence-corrected chi connectivity index (χ3v) is 9.41. The number of phosphoric acid groups is 1. The molecule has 11 nitrogen and oxygen atoms in total. The standard InChI is InChI=1S/C41H67O11P/c1-3-5-7-8-9-10-11-12-13-14-15-16-17-18-23-27-40(45)50-32-35(33-51-53(47,48)49)52-41(46)28-24-20-19-22-26-36-37(39(44)31-38(36)43)30-29-34(42)25-21-6-4-2/h5,7,9-10,12-13,15-16,29-30,34-38,42-43H,3-4,6,8,11,14,17-28,31-33H2,1-2H3,(H2,47,48,49)/b7-5-,10-9-,13-12-,16-15-,30-29+/t34-,35+,36+,37+,38-/m0/s1. The molecule has 0 aromatic carbocycles. The van der Waals surface area contributed by atoms with Crippen molar-refractivity contribution in [2.24, 2.45) is 11.8 Å². The maximum Gasteiger partial charge on any atom is 0.469 e. The summed E-state index contributed by atoms with van der Waals surface area (Å²) in [5.41, 5.74) is 0. The van der Waals surface area contributed by atoms with E-state index in [1.807, 2.05) is 0 Å². The first kappa shape index (κ1) is 48.4. The molecule has 0 aromatic heterocycles. The van der Waals surface area contributed by atoms with Crippen molar-refractivity contribution < 1.29 is 52.9 Å². The molecule has 0 spiro atoms. The number of rotatable bonds is 31. The van der Waals surface area contributed by atoms with E-state index in [1.165, 1.54) is 0 Å². The molecule has 1 fully saturated rings. The Morgan fingerprint density at radius 3 is 2.09 bits per heavy atom. The molecule has 1 aliphatic rings. The fourth-order valence-electron chi connectivity index (χ4n) is 5.97. The molecule has 0 unspecified atom stereocenters. The highest BCUT2D eigenvalue weighted by atomic mass is 31.2. The summed E-state index contributed by atoms with van der Waals surface area (Å²) in [6.45, 7) is 3.21. The van der Waals surface area contributed by atoms with Crippen LogP contribution >= 0.6 is 7.82 Å². The van der Waals surface area contributed by atoms with Gasteiger partial charge in [0.25, 0.3) is 0 Å². The number of aliphatic hydroxyl groups excluding tert-OH is 2. The number of ketones is 1. The Morgan fingerprint density at radius 2 is 1.43 bits per heavy atom. The van der Waals surface area contributed by atoms with E-state index in [1.54, 1.807) is 12.2 Å². The predicted octanol–water partition coefficient (Wildman–Crippen LogP) is 8.32. The second-order valence-corrected chi connectivity index (χ2v) is 14.9. The maximum absolute atomic E-state index is 12.5. The van der Waals surface area contributed by atoms with Crippen molar-refractivity contribution >= 4 is 25.5 Å². The van der Waals surface area contributed by atoms with Crippen molar-refractivity contribution in [3.8, 4) is 0 Å². The molecule has 0 aromatic rings. The van der Waals surface area contributed by atoms with Gasteiger partial charge in [-0.3, -0.25) is 18.9 Å². The van der Waals surface area contributed by atoms with Crippen LogP contribution in [0.15, 0.2) is 60.8 Å². The first-order chi connectivity index (χ1) is 25.5. The number of phosphoric ester groups is 1. The minimum atomic E-state index is -4.83. The van der Waals surface area contributed by atoms with Gasteiger partial charge in [0.15, 0.2) is 6.10 Å². The molecule has 302 valence electrons. The van der Waals surface area contributed by atoms with Crippen molar-refractivity contribution in [1.82, 2.24) is 0 Å². The van der Waals surface area contributed by atoms with Crippen molar-refractivity contribution in [2.75, 3.05) is 13.2 Å². The number of hydrogen-bond donors (Lipinski definition) is 4. The largest absolute Gasteiger partial charge is 0.469 e. The Bertz CT molecular complexity index is 1200. The Balaban J connectivity index is 2.33. The smallest absolute Gasteiger partial charge is 0.462 e. The minimum absolute atomic E-state index is 0.0112. The van der Waals surface area contributed by atoms with Crippen LogP contribution in [0, 0.1) is 11.8 Å². The summed E-state index contributed by atoms with van der Waals surface area (Å²) < 4.78 is 26.3. The number of Topliss-reactive ketones (excluding diaryl/α,β-unsaturated/α-hetero) is 1. The molecule has 1 saturated carbocycles. The fourth-order valence-corrected chi connectivity index (χ4v) is 6.33. The molecule has 0 aliphatic heterocycles. The van der Waals surface area contributed by atoms with E-state index in [0.29, 0.717) is 32.1 Å². The van der Waals surface area contributed by atoms with E-state index in [-0.39, 0.29) is 37.6 Å². The van der Waals surface area contributed by atoms with E-state index in [4.69, 9.17) is 19.3 Å². The van der Waals surface area contributed by atoms with Crippen molar-refractivity contribution in [1.29, 1.82) is 0 Å². The Kier molecular flexibility index (Phi) is 28.0. The molecule has 12 heteroatoms. The van der Waals surface area contributed by atoms with E-state index >= 15 is 0 Å². The van der Waals surface area contributed by atoms with Crippen LogP contribution in [0.4, 0.5) is 0 Å². The molecule has 0 radical (unpaired) electrons. The van der Waals surface area contributed by atoms with Gasteiger partial charge in [-0.25, -0.2) is 4.57 Å². The summed E-state index contributed by atoms with van der Waals surface area (Å²) in [5.74, 6) is -1.71. The minimum Gasteiger partial charge on any atom is -0.462 e. The number of carbonyl (C=O) groups excluding carboxylic acids is 3. The molecular weight excluding hydrogens is 699 g/mol. The molecule has 53 heavy (non-hydrogen) atoms. The molecule has 0 saturated heterocycles. The van der Waals surface area contributed by atoms with Gasteiger partial charge in [-0.15, -0.1) is 0 Å². The van der Waals surface area contributed by atoms with E-state index < -0.39 is 50.6 Å². The van der Waals surface area contributed by atoms with Gasteiger partial charge in [-0.2, -0.15) is 0 Å². The van der Waals surface area contributed by atoms with E-state index in [0.717, 1.165) is 70.6 Å². The Labute approximate surface area is 317 Å². The summed E-state index contributed by atoms with van der Waals surface area (Å²) in [6, 6.07) is 0.